The van der Waals surface area contributed by atoms with Crippen LogP contribution in [0.5, 0.6) is 0 Å². The molecule has 2 heterocycles. The summed E-state index contributed by atoms with van der Waals surface area (Å²) in [6.45, 7) is 1.90. The maximum Gasteiger partial charge on any atom is 0.223 e. The lowest BCUT2D eigenvalue weighted by atomic mass is 10.2. The van der Waals surface area contributed by atoms with Gasteiger partial charge in [0.2, 0.25) is 5.91 Å². The molecule has 2 rings (SSSR count). The Morgan fingerprint density at radius 1 is 1.44 bits per heavy atom. The van der Waals surface area contributed by atoms with Gasteiger partial charge in [-0.1, -0.05) is 0 Å². The van der Waals surface area contributed by atoms with Gasteiger partial charge < -0.3 is 5.73 Å². The monoisotopic (exact) mass is 216 g/mol. The number of primary amides is 1. The number of carbonyl (C=O) groups excluding carboxylic acids is 1. The van der Waals surface area contributed by atoms with Crippen LogP contribution in [-0.4, -0.2) is 20.7 Å². The van der Waals surface area contributed by atoms with E-state index < -0.39 is 0 Å². The second-order valence-electron chi connectivity index (χ2n) is 3.53. The Kier molecular flexibility index (Phi) is 2.68. The highest BCUT2D eigenvalue weighted by Crippen LogP contribution is 2.10. The van der Waals surface area contributed by atoms with Crippen LogP contribution >= 0.6 is 0 Å². The van der Waals surface area contributed by atoms with Crippen LogP contribution in [0.1, 0.15) is 11.4 Å². The maximum absolute atomic E-state index is 10.9. The second-order valence-corrected chi connectivity index (χ2v) is 3.53. The zero-order valence-electron chi connectivity index (χ0n) is 8.92. The first-order valence-corrected chi connectivity index (χ1v) is 4.91. The standard InChI is InChI=1S/C11H12N4O/c1-8-6-9(2-4-13-8)15-10(3-5-14-15)7-11(12)16/h2-6H,7H2,1H3,(H2,12,16). The van der Waals surface area contributed by atoms with Crippen LogP contribution in [-0.2, 0) is 11.2 Å². The van der Waals surface area contributed by atoms with Gasteiger partial charge in [-0.15, -0.1) is 0 Å². The smallest absolute Gasteiger partial charge is 0.223 e. The third-order valence-corrected chi connectivity index (χ3v) is 2.20. The van der Waals surface area contributed by atoms with Gasteiger partial charge in [-0.3, -0.25) is 9.78 Å². The summed E-state index contributed by atoms with van der Waals surface area (Å²) in [6.07, 6.45) is 3.54. The predicted octanol–water partition coefficient (Wildman–Crippen LogP) is 0.604. The molecule has 5 heteroatoms. The number of nitrogens with two attached hydrogens (primary N) is 1. The summed E-state index contributed by atoms with van der Waals surface area (Å²) in [5.74, 6) is -0.368. The van der Waals surface area contributed by atoms with Gasteiger partial charge in [0, 0.05) is 18.1 Å². The van der Waals surface area contributed by atoms with Gasteiger partial charge >= 0.3 is 0 Å². The molecule has 0 fully saturated rings. The summed E-state index contributed by atoms with van der Waals surface area (Å²) in [7, 11) is 0. The number of rotatable bonds is 3. The largest absolute Gasteiger partial charge is 0.369 e. The maximum atomic E-state index is 10.9. The lowest BCUT2D eigenvalue weighted by Gasteiger charge is -2.06. The summed E-state index contributed by atoms with van der Waals surface area (Å²) in [5, 5.41) is 4.16. The van der Waals surface area contributed by atoms with Gasteiger partial charge in [-0.2, -0.15) is 5.10 Å². The van der Waals surface area contributed by atoms with Crippen molar-refractivity contribution < 1.29 is 4.79 Å². The van der Waals surface area contributed by atoms with E-state index >= 15 is 0 Å². The molecular weight excluding hydrogens is 204 g/mol. The fourth-order valence-corrected chi connectivity index (χ4v) is 1.54. The van der Waals surface area contributed by atoms with Crippen molar-refractivity contribution in [2.24, 2.45) is 5.73 Å². The molecule has 0 aliphatic rings. The van der Waals surface area contributed by atoms with E-state index in [4.69, 9.17) is 5.73 Å². The molecule has 0 radical (unpaired) electrons. The van der Waals surface area contributed by atoms with Crippen LogP contribution < -0.4 is 5.73 Å². The van der Waals surface area contributed by atoms with Crippen LogP contribution in [0.25, 0.3) is 5.69 Å². The fraction of sp³-hybridized carbons (Fsp3) is 0.182. The van der Waals surface area contributed by atoms with Gasteiger partial charge in [-0.25, -0.2) is 4.68 Å². The first-order chi connectivity index (χ1) is 7.66. The third kappa shape index (κ3) is 2.08. The number of amides is 1. The molecule has 0 aliphatic heterocycles. The first-order valence-electron chi connectivity index (χ1n) is 4.91. The van der Waals surface area contributed by atoms with Gasteiger partial charge in [0.05, 0.1) is 17.8 Å². The van der Waals surface area contributed by atoms with E-state index in [-0.39, 0.29) is 12.3 Å². The molecule has 0 aromatic carbocycles. The fourth-order valence-electron chi connectivity index (χ4n) is 1.54. The summed E-state index contributed by atoms with van der Waals surface area (Å²) in [5.41, 5.74) is 7.73. The van der Waals surface area contributed by atoms with Crippen LogP contribution in [0.4, 0.5) is 0 Å². The van der Waals surface area contributed by atoms with Crippen molar-refractivity contribution in [1.29, 1.82) is 0 Å². The molecule has 0 unspecified atom stereocenters. The Labute approximate surface area is 92.9 Å². The highest BCUT2D eigenvalue weighted by Gasteiger charge is 2.07. The van der Waals surface area contributed by atoms with Gasteiger partial charge in [0.25, 0.3) is 0 Å². The molecule has 0 saturated heterocycles. The zero-order chi connectivity index (χ0) is 11.5. The third-order valence-electron chi connectivity index (χ3n) is 2.20. The molecule has 0 spiro atoms. The summed E-state index contributed by atoms with van der Waals surface area (Å²) in [6, 6.07) is 5.52. The Balaban J connectivity index is 2.40. The molecule has 0 atom stereocenters. The molecular formula is C11H12N4O. The molecule has 5 nitrogen and oxygen atoms in total. The van der Waals surface area contributed by atoms with Crippen LogP contribution in [0.15, 0.2) is 30.6 Å². The van der Waals surface area contributed by atoms with Crippen LogP contribution in [0.3, 0.4) is 0 Å². The van der Waals surface area contributed by atoms with E-state index in [1.807, 2.05) is 19.1 Å². The lowest BCUT2D eigenvalue weighted by molar-refractivity contribution is -0.117. The quantitative estimate of drug-likeness (QED) is 0.816. The molecule has 2 N–H and O–H groups in total. The normalized spacial score (nSPS) is 10.3. The van der Waals surface area contributed by atoms with Crippen molar-refractivity contribution in [2.45, 2.75) is 13.3 Å². The number of aryl methyl sites for hydroxylation is 1. The average Bonchev–Trinajstić information content (AvgIpc) is 2.65. The van der Waals surface area contributed by atoms with E-state index in [0.29, 0.717) is 0 Å². The number of hydrogen-bond acceptors (Lipinski definition) is 3. The van der Waals surface area contributed by atoms with Gasteiger partial charge in [-0.05, 0) is 25.1 Å². The molecule has 1 amide bonds. The molecule has 82 valence electrons. The predicted molar refractivity (Wildman–Crippen MR) is 59.0 cm³/mol. The summed E-state index contributed by atoms with van der Waals surface area (Å²) in [4.78, 5) is 15.0. The number of pyridine rings is 1. The van der Waals surface area contributed by atoms with Crippen LogP contribution in [0.2, 0.25) is 0 Å². The van der Waals surface area contributed by atoms with E-state index in [1.165, 1.54) is 0 Å². The molecule has 0 saturated carbocycles. The molecule has 2 aromatic rings. The minimum absolute atomic E-state index is 0.182. The Morgan fingerprint density at radius 3 is 2.94 bits per heavy atom. The van der Waals surface area contributed by atoms with Crippen molar-refractivity contribution in [3.8, 4) is 5.69 Å². The Bertz CT molecular complexity index is 518. The van der Waals surface area contributed by atoms with Gasteiger partial charge in [0.1, 0.15) is 0 Å². The van der Waals surface area contributed by atoms with Crippen LogP contribution in [0, 0.1) is 6.92 Å². The zero-order valence-corrected chi connectivity index (χ0v) is 8.92. The lowest BCUT2D eigenvalue weighted by Crippen LogP contribution is -2.16. The summed E-state index contributed by atoms with van der Waals surface area (Å²) >= 11 is 0. The van der Waals surface area contributed by atoms with E-state index in [1.54, 1.807) is 23.1 Å². The summed E-state index contributed by atoms with van der Waals surface area (Å²) < 4.78 is 1.69. The molecule has 16 heavy (non-hydrogen) atoms. The molecule has 0 bridgehead atoms. The molecule has 2 aromatic heterocycles. The minimum atomic E-state index is -0.368. The van der Waals surface area contributed by atoms with Gasteiger partial charge in [0.15, 0.2) is 0 Å². The number of carbonyl (C=O) groups is 1. The van der Waals surface area contributed by atoms with Crippen molar-refractivity contribution >= 4 is 5.91 Å². The number of hydrogen-bond donors (Lipinski definition) is 1. The van der Waals surface area contributed by atoms with E-state index in [9.17, 15) is 4.79 Å². The van der Waals surface area contributed by atoms with Crippen molar-refractivity contribution in [3.05, 3.63) is 42.0 Å². The van der Waals surface area contributed by atoms with E-state index in [2.05, 4.69) is 10.1 Å². The topological polar surface area (TPSA) is 73.8 Å². The molecule has 0 aliphatic carbocycles. The average molecular weight is 216 g/mol. The second kappa shape index (κ2) is 4.14. The number of nitrogens with zero attached hydrogens (tertiary/aromatic N) is 3. The van der Waals surface area contributed by atoms with Crippen molar-refractivity contribution in [1.82, 2.24) is 14.8 Å². The van der Waals surface area contributed by atoms with Crippen molar-refractivity contribution in [2.75, 3.05) is 0 Å². The highest BCUT2D eigenvalue weighted by molar-refractivity contribution is 5.76. The SMILES string of the molecule is Cc1cc(-n2nccc2CC(N)=O)ccn1. The first kappa shape index (κ1) is 10.4. The minimum Gasteiger partial charge on any atom is -0.369 e. The van der Waals surface area contributed by atoms with Crippen molar-refractivity contribution in [3.63, 3.8) is 0 Å². The Hall–Kier alpha value is -2.17. The highest BCUT2D eigenvalue weighted by atomic mass is 16.1. The van der Waals surface area contributed by atoms with E-state index in [0.717, 1.165) is 17.1 Å². The Morgan fingerprint density at radius 2 is 2.25 bits per heavy atom. The number of aromatic nitrogens is 3.